The molecule has 128 valence electrons. The summed E-state index contributed by atoms with van der Waals surface area (Å²) >= 11 is 0. The van der Waals surface area contributed by atoms with Gasteiger partial charge in [-0.1, -0.05) is 44.2 Å². The molecule has 1 unspecified atom stereocenters. The third kappa shape index (κ3) is 1.60. The highest BCUT2D eigenvalue weighted by Crippen LogP contribution is 2.55. The van der Waals surface area contributed by atoms with Gasteiger partial charge < -0.3 is 14.2 Å². The van der Waals surface area contributed by atoms with Gasteiger partial charge in [-0.25, -0.2) is 4.39 Å². The van der Waals surface area contributed by atoms with E-state index < -0.39 is 11.1 Å². The summed E-state index contributed by atoms with van der Waals surface area (Å²) in [6.07, 6.45) is 3.52. The molecule has 3 aromatic rings. The minimum atomic E-state index is -1.42. The molecule has 0 spiro atoms. The van der Waals surface area contributed by atoms with E-state index in [1.165, 1.54) is 0 Å². The van der Waals surface area contributed by atoms with Crippen molar-refractivity contribution in [3.8, 4) is 0 Å². The zero-order chi connectivity index (χ0) is 17.6. The maximum Gasteiger partial charge on any atom is 0.159 e. The highest BCUT2D eigenvalue weighted by Gasteiger charge is 2.58. The number of hydrogen-bond donors (Lipinski definition) is 0. The summed E-state index contributed by atoms with van der Waals surface area (Å²) in [5, 5.41) is 2.18. The Hall–Kier alpha value is -2.49. The van der Waals surface area contributed by atoms with Crippen LogP contribution in [-0.4, -0.2) is 23.8 Å². The van der Waals surface area contributed by atoms with Crippen molar-refractivity contribution in [2.75, 3.05) is 11.9 Å². The molecule has 0 fully saturated rings. The average molecular weight is 336 g/mol. The van der Waals surface area contributed by atoms with E-state index in [-0.39, 0.29) is 6.17 Å². The molecular formula is C21H21FN2O. The van der Waals surface area contributed by atoms with Gasteiger partial charge in [0.25, 0.3) is 0 Å². The molecule has 2 aromatic carbocycles. The van der Waals surface area contributed by atoms with E-state index >= 15 is 4.39 Å². The van der Waals surface area contributed by atoms with Crippen molar-refractivity contribution in [2.45, 2.75) is 38.0 Å². The summed E-state index contributed by atoms with van der Waals surface area (Å²) < 4.78 is 22.2. The van der Waals surface area contributed by atoms with Gasteiger partial charge in [-0.05, 0) is 18.6 Å². The number of alkyl halides is 1. The van der Waals surface area contributed by atoms with Crippen molar-refractivity contribution in [2.24, 2.45) is 0 Å². The largest absolute Gasteiger partial charge is 0.454 e. The second-order valence-electron chi connectivity index (χ2n) is 7.88. The predicted molar refractivity (Wildman–Crippen MR) is 99.4 cm³/mol. The first kappa shape index (κ1) is 14.8. The van der Waals surface area contributed by atoms with Crippen LogP contribution in [0.25, 0.3) is 21.9 Å². The third-order valence-electron chi connectivity index (χ3n) is 6.27. The molecular weight excluding hydrogens is 315 g/mol. The van der Waals surface area contributed by atoms with Crippen molar-refractivity contribution in [3.63, 3.8) is 0 Å². The molecule has 0 aliphatic carbocycles. The van der Waals surface area contributed by atoms with Crippen LogP contribution in [0, 0.1) is 0 Å². The Morgan fingerprint density at radius 1 is 1.00 bits per heavy atom. The Bertz CT molecular complexity index is 1050. The number of rotatable bonds is 0. The molecule has 1 aromatic heterocycles. The SMILES string of the molecule is CN1C=CN2c3c(ccc4c3oc3ccccc34)C(C)(C)[C@](C)(F)C12. The topological polar surface area (TPSA) is 19.6 Å². The average Bonchev–Trinajstić information content (AvgIpc) is 3.13. The first-order valence-corrected chi connectivity index (χ1v) is 8.66. The van der Waals surface area contributed by atoms with Crippen LogP contribution < -0.4 is 4.90 Å². The second kappa shape index (κ2) is 4.37. The minimum absolute atomic E-state index is 0.381. The van der Waals surface area contributed by atoms with Gasteiger partial charge in [0, 0.05) is 35.6 Å². The van der Waals surface area contributed by atoms with Gasteiger partial charge in [0.05, 0.1) is 5.69 Å². The number of anilines is 1. The van der Waals surface area contributed by atoms with Crippen LogP contribution in [0.2, 0.25) is 0 Å². The second-order valence-corrected chi connectivity index (χ2v) is 7.88. The number of nitrogens with zero attached hydrogens (tertiary/aromatic N) is 2. The number of para-hydroxylation sites is 1. The zero-order valence-electron chi connectivity index (χ0n) is 14.9. The zero-order valence-corrected chi connectivity index (χ0v) is 14.9. The van der Waals surface area contributed by atoms with Crippen molar-refractivity contribution in [3.05, 3.63) is 54.4 Å². The maximum absolute atomic E-state index is 16.0. The molecule has 25 heavy (non-hydrogen) atoms. The molecule has 2 aliphatic rings. The maximum atomic E-state index is 16.0. The fourth-order valence-corrected chi connectivity index (χ4v) is 4.50. The third-order valence-corrected chi connectivity index (χ3v) is 6.27. The number of furan rings is 1. The van der Waals surface area contributed by atoms with Crippen molar-refractivity contribution >= 4 is 27.6 Å². The quantitative estimate of drug-likeness (QED) is 0.566. The van der Waals surface area contributed by atoms with Crippen molar-refractivity contribution < 1.29 is 8.81 Å². The van der Waals surface area contributed by atoms with Crippen LogP contribution in [-0.2, 0) is 5.41 Å². The van der Waals surface area contributed by atoms with Gasteiger partial charge in [0.15, 0.2) is 11.3 Å². The van der Waals surface area contributed by atoms with Gasteiger partial charge >= 0.3 is 0 Å². The summed E-state index contributed by atoms with van der Waals surface area (Å²) in [6.45, 7) is 5.69. The number of hydrogen-bond acceptors (Lipinski definition) is 3. The van der Waals surface area contributed by atoms with E-state index in [4.69, 9.17) is 4.42 Å². The van der Waals surface area contributed by atoms with E-state index in [1.54, 1.807) is 6.92 Å². The Balaban J connectivity index is 1.92. The number of halogens is 1. The molecule has 4 heteroatoms. The number of fused-ring (bicyclic) bond motifs is 7. The lowest BCUT2D eigenvalue weighted by molar-refractivity contribution is 0.0121. The van der Waals surface area contributed by atoms with Crippen LogP contribution in [0.3, 0.4) is 0 Å². The van der Waals surface area contributed by atoms with Crippen LogP contribution in [0.4, 0.5) is 10.1 Å². The molecule has 3 nitrogen and oxygen atoms in total. The number of benzene rings is 2. The summed E-state index contributed by atoms with van der Waals surface area (Å²) in [4.78, 5) is 3.98. The lowest BCUT2D eigenvalue weighted by Gasteiger charge is -2.52. The molecule has 0 saturated heterocycles. The Morgan fingerprint density at radius 2 is 1.76 bits per heavy atom. The van der Waals surface area contributed by atoms with Crippen LogP contribution in [0.5, 0.6) is 0 Å². The van der Waals surface area contributed by atoms with E-state index in [2.05, 4.69) is 18.2 Å². The Morgan fingerprint density at radius 3 is 2.56 bits per heavy atom. The summed E-state index contributed by atoms with van der Waals surface area (Å²) in [5.74, 6) is 0. The van der Waals surface area contributed by atoms with E-state index in [0.29, 0.717) is 0 Å². The van der Waals surface area contributed by atoms with Crippen LogP contribution in [0.1, 0.15) is 26.3 Å². The van der Waals surface area contributed by atoms with Crippen LogP contribution in [0.15, 0.2) is 53.2 Å². The van der Waals surface area contributed by atoms with Gasteiger partial charge in [0.1, 0.15) is 11.7 Å². The molecule has 0 bridgehead atoms. The van der Waals surface area contributed by atoms with Gasteiger partial charge in [-0.3, -0.25) is 0 Å². The monoisotopic (exact) mass is 336 g/mol. The molecule has 0 saturated carbocycles. The fraction of sp³-hybridized carbons (Fsp3) is 0.333. The molecule has 0 amide bonds. The first-order chi connectivity index (χ1) is 11.8. The Kier molecular flexibility index (Phi) is 2.59. The molecule has 3 heterocycles. The van der Waals surface area contributed by atoms with E-state index in [9.17, 15) is 0 Å². The summed E-state index contributed by atoms with van der Waals surface area (Å²) in [5.41, 5.74) is 1.62. The highest BCUT2D eigenvalue weighted by atomic mass is 19.1. The smallest absolute Gasteiger partial charge is 0.159 e. The summed E-state index contributed by atoms with van der Waals surface area (Å²) in [6, 6.07) is 12.2. The van der Waals surface area contributed by atoms with Crippen molar-refractivity contribution in [1.82, 2.24) is 4.90 Å². The molecule has 0 N–H and O–H groups in total. The first-order valence-electron chi connectivity index (χ1n) is 8.66. The van der Waals surface area contributed by atoms with Gasteiger partial charge in [-0.15, -0.1) is 0 Å². The Labute approximate surface area is 146 Å². The molecule has 0 radical (unpaired) electrons. The van der Waals surface area contributed by atoms with E-state index in [1.807, 2.05) is 61.3 Å². The minimum Gasteiger partial charge on any atom is -0.454 e. The standard InChI is InChI=1S/C21H21FN2O/c1-20(2)15-10-9-14-13-7-5-6-8-16(13)25-18(14)17(15)24-12-11-23(4)19(24)21(20,3)22/h5-12,19H,1-4H3/t19?,21-/m1/s1. The van der Waals surface area contributed by atoms with Crippen molar-refractivity contribution in [1.29, 1.82) is 0 Å². The predicted octanol–water partition coefficient (Wildman–Crippen LogP) is 5.15. The molecule has 2 aliphatic heterocycles. The summed E-state index contributed by atoms with van der Waals surface area (Å²) in [7, 11) is 1.93. The highest BCUT2D eigenvalue weighted by molar-refractivity contribution is 6.10. The molecule has 5 rings (SSSR count). The lowest BCUT2D eigenvalue weighted by atomic mass is 9.67. The van der Waals surface area contributed by atoms with E-state index in [0.717, 1.165) is 33.2 Å². The van der Waals surface area contributed by atoms with Gasteiger partial charge in [-0.2, -0.15) is 0 Å². The fourth-order valence-electron chi connectivity index (χ4n) is 4.50. The molecule has 2 atom stereocenters. The lowest BCUT2D eigenvalue weighted by Crippen LogP contribution is -2.63. The normalized spacial score (nSPS) is 27.2. The van der Waals surface area contributed by atoms with Crippen LogP contribution >= 0.6 is 0 Å². The van der Waals surface area contributed by atoms with Gasteiger partial charge in [0.2, 0.25) is 0 Å².